The lowest BCUT2D eigenvalue weighted by Gasteiger charge is -2.11. The van der Waals surface area contributed by atoms with Gasteiger partial charge in [0, 0.05) is 41.5 Å². The molecule has 0 bridgehead atoms. The number of nitrogens with one attached hydrogen (secondary N) is 1. The molecule has 0 amide bonds. The lowest BCUT2D eigenvalue weighted by molar-refractivity contribution is -0.146. The van der Waals surface area contributed by atoms with Gasteiger partial charge in [-0.05, 0) is 17.7 Å². The minimum Gasteiger partial charge on any atom is -0.460 e. The van der Waals surface area contributed by atoms with Crippen LogP contribution in [0.4, 0.5) is 0 Å². The second-order valence-electron chi connectivity index (χ2n) is 5.14. The predicted molar refractivity (Wildman–Crippen MR) is 98.5 cm³/mol. The highest BCUT2D eigenvalue weighted by atomic mass is 35.5. The van der Waals surface area contributed by atoms with E-state index in [0.29, 0.717) is 6.42 Å². The van der Waals surface area contributed by atoms with Crippen LogP contribution in [0.15, 0.2) is 55.0 Å². The van der Waals surface area contributed by atoms with Crippen molar-refractivity contribution in [2.24, 2.45) is 5.73 Å². The van der Waals surface area contributed by atoms with E-state index in [9.17, 15) is 4.79 Å². The van der Waals surface area contributed by atoms with Crippen molar-refractivity contribution in [3.63, 3.8) is 0 Å². The summed E-state index contributed by atoms with van der Waals surface area (Å²) in [5.74, 6) is -0.408. The van der Waals surface area contributed by atoms with Crippen molar-refractivity contribution in [3.8, 4) is 0 Å². The molecule has 3 aromatic rings. The number of ether oxygens (including phenoxy) is 1. The number of carbonyl (C=O) groups excluding carboxylic acids is 1. The van der Waals surface area contributed by atoms with Crippen LogP contribution in [0.2, 0.25) is 0 Å². The first-order chi connectivity index (χ1) is 10.7. The zero-order valence-electron chi connectivity index (χ0n) is 12.8. The van der Waals surface area contributed by atoms with Crippen LogP contribution in [0.5, 0.6) is 0 Å². The maximum atomic E-state index is 12.0. The fourth-order valence-electron chi connectivity index (χ4n) is 2.37. The van der Waals surface area contributed by atoms with Crippen LogP contribution in [0, 0.1) is 0 Å². The van der Waals surface area contributed by atoms with Gasteiger partial charge in [0.15, 0.2) is 0 Å². The van der Waals surface area contributed by atoms with E-state index in [1.165, 1.54) is 0 Å². The lowest BCUT2D eigenvalue weighted by Crippen LogP contribution is -2.34. The Labute approximate surface area is 152 Å². The summed E-state index contributed by atoms with van der Waals surface area (Å²) in [6.07, 6.45) is 5.67. The van der Waals surface area contributed by atoms with Crippen molar-refractivity contribution < 1.29 is 9.53 Å². The van der Waals surface area contributed by atoms with Crippen LogP contribution in [0.3, 0.4) is 0 Å². The number of pyridine rings is 1. The maximum absolute atomic E-state index is 12.0. The van der Waals surface area contributed by atoms with E-state index < -0.39 is 12.0 Å². The average Bonchev–Trinajstić information content (AvgIpc) is 2.97. The van der Waals surface area contributed by atoms with Crippen LogP contribution in [-0.4, -0.2) is 22.0 Å². The maximum Gasteiger partial charge on any atom is 0.323 e. The molecule has 3 rings (SSSR count). The van der Waals surface area contributed by atoms with Crippen molar-refractivity contribution in [2.45, 2.75) is 19.1 Å². The van der Waals surface area contributed by atoms with E-state index in [4.69, 9.17) is 10.5 Å². The quantitative estimate of drug-likeness (QED) is 0.679. The molecule has 3 N–H and O–H groups in total. The van der Waals surface area contributed by atoms with Gasteiger partial charge in [0.05, 0.1) is 0 Å². The molecule has 0 aliphatic carbocycles. The Morgan fingerprint density at radius 3 is 2.75 bits per heavy atom. The van der Waals surface area contributed by atoms with E-state index in [1.54, 1.807) is 18.5 Å². The standard InChI is InChI=1S/C17H17N3O2.2ClH/c18-15(17(21)22-11-12-4-3-7-19-9-12)8-13-10-20-16-6-2-1-5-14(13)16;;/h1-7,9-10,15,20H,8,11,18H2;2*1H. The van der Waals surface area contributed by atoms with Crippen LogP contribution >= 0.6 is 24.8 Å². The summed E-state index contributed by atoms with van der Waals surface area (Å²) in [6, 6.07) is 10.9. The van der Waals surface area contributed by atoms with Crippen molar-refractivity contribution in [3.05, 3.63) is 66.1 Å². The Balaban J connectivity index is 0.00000144. The first-order valence-electron chi connectivity index (χ1n) is 7.10. The highest BCUT2D eigenvalue weighted by Crippen LogP contribution is 2.19. The number of H-pyrrole nitrogens is 1. The molecule has 1 atom stereocenters. The number of hydrogen-bond donors (Lipinski definition) is 2. The number of aromatic nitrogens is 2. The Kier molecular flexibility index (Phi) is 7.71. The van der Waals surface area contributed by atoms with Crippen LogP contribution in [0.1, 0.15) is 11.1 Å². The van der Waals surface area contributed by atoms with Crippen molar-refractivity contribution in [1.82, 2.24) is 9.97 Å². The summed E-state index contributed by atoms with van der Waals surface area (Å²) >= 11 is 0. The van der Waals surface area contributed by atoms with Gasteiger partial charge in [0.1, 0.15) is 12.6 Å². The number of carbonyl (C=O) groups is 1. The summed E-state index contributed by atoms with van der Waals surface area (Å²) in [6.45, 7) is 0.189. The van der Waals surface area contributed by atoms with Gasteiger partial charge in [-0.3, -0.25) is 9.78 Å². The summed E-state index contributed by atoms with van der Waals surface area (Å²) in [4.78, 5) is 19.2. The molecule has 2 heterocycles. The molecule has 0 saturated heterocycles. The predicted octanol–water partition coefficient (Wildman–Crippen LogP) is 3.02. The van der Waals surface area contributed by atoms with Gasteiger partial charge in [0.2, 0.25) is 0 Å². The molecule has 0 fully saturated rings. The minimum atomic E-state index is -0.684. The third-order valence-electron chi connectivity index (χ3n) is 3.52. The van der Waals surface area contributed by atoms with Gasteiger partial charge in [0.25, 0.3) is 0 Å². The first kappa shape index (κ1) is 20.0. The second kappa shape index (κ2) is 9.27. The van der Waals surface area contributed by atoms with E-state index in [-0.39, 0.29) is 31.4 Å². The molecule has 0 aliphatic heterocycles. The molecule has 2 aromatic heterocycles. The number of rotatable bonds is 5. The fourth-order valence-corrected chi connectivity index (χ4v) is 2.37. The summed E-state index contributed by atoms with van der Waals surface area (Å²) in [5, 5.41) is 1.08. The molecular formula is C17H19Cl2N3O2. The second-order valence-corrected chi connectivity index (χ2v) is 5.14. The number of hydrogen-bond acceptors (Lipinski definition) is 4. The van der Waals surface area contributed by atoms with Crippen LogP contribution in [-0.2, 0) is 22.6 Å². The molecular weight excluding hydrogens is 349 g/mol. The number of nitrogens with two attached hydrogens (primary N) is 1. The number of nitrogens with zero attached hydrogens (tertiary/aromatic N) is 1. The third kappa shape index (κ3) is 4.71. The van der Waals surface area contributed by atoms with Crippen molar-refractivity contribution >= 4 is 41.7 Å². The zero-order chi connectivity index (χ0) is 15.4. The van der Waals surface area contributed by atoms with Gasteiger partial charge in [-0.1, -0.05) is 24.3 Å². The van der Waals surface area contributed by atoms with E-state index >= 15 is 0 Å². The number of halogens is 2. The van der Waals surface area contributed by atoms with Gasteiger partial charge >= 0.3 is 5.97 Å². The zero-order valence-corrected chi connectivity index (χ0v) is 14.5. The van der Waals surface area contributed by atoms with Gasteiger partial charge in [-0.25, -0.2) is 0 Å². The average molecular weight is 368 g/mol. The Morgan fingerprint density at radius 1 is 1.21 bits per heavy atom. The Bertz CT molecular complexity index is 778. The van der Waals surface area contributed by atoms with Crippen LogP contribution < -0.4 is 5.73 Å². The monoisotopic (exact) mass is 367 g/mol. The van der Waals surface area contributed by atoms with E-state index in [0.717, 1.165) is 22.0 Å². The molecule has 0 spiro atoms. The number of benzene rings is 1. The molecule has 128 valence electrons. The normalized spacial score (nSPS) is 11.2. The Hall–Kier alpha value is -2.08. The van der Waals surface area contributed by atoms with Crippen molar-refractivity contribution in [1.29, 1.82) is 0 Å². The van der Waals surface area contributed by atoms with E-state index in [2.05, 4.69) is 9.97 Å². The van der Waals surface area contributed by atoms with Crippen LogP contribution in [0.25, 0.3) is 10.9 Å². The molecule has 1 unspecified atom stereocenters. The molecule has 24 heavy (non-hydrogen) atoms. The highest BCUT2D eigenvalue weighted by Gasteiger charge is 2.17. The third-order valence-corrected chi connectivity index (χ3v) is 3.52. The first-order valence-corrected chi connectivity index (χ1v) is 7.10. The molecule has 1 aromatic carbocycles. The van der Waals surface area contributed by atoms with Gasteiger partial charge < -0.3 is 15.5 Å². The van der Waals surface area contributed by atoms with E-state index in [1.807, 2.05) is 36.5 Å². The topological polar surface area (TPSA) is 81.0 Å². The summed E-state index contributed by atoms with van der Waals surface area (Å²) < 4.78 is 5.24. The summed E-state index contributed by atoms with van der Waals surface area (Å²) in [7, 11) is 0. The largest absolute Gasteiger partial charge is 0.460 e. The summed E-state index contributed by atoms with van der Waals surface area (Å²) in [5.41, 5.74) is 8.85. The molecule has 5 nitrogen and oxygen atoms in total. The molecule has 0 aliphatic rings. The Morgan fingerprint density at radius 2 is 2.00 bits per heavy atom. The lowest BCUT2D eigenvalue weighted by atomic mass is 10.1. The number of para-hydroxylation sites is 1. The smallest absolute Gasteiger partial charge is 0.323 e. The molecule has 7 heteroatoms. The molecule has 0 saturated carbocycles. The fraction of sp³-hybridized carbons (Fsp3) is 0.176. The van der Waals surface area contributed by atoms with Crippen molar-refractivity contribution in [2.75, 3.05) is 0 Å². The number of fused-ring (bicyclic) bond motifs is 1. The van der Waals surface area contributed by atoms with Gasteiger partial charge in [-0.2, -0.15) is 0 Å². The highest BCUT2D eigenvalue weighted by molar-refractivity contribution is 5.86. The minimum absolute atomic E-state index is 0. The number of esters is 1. The molecule has 0 radical (unpaired) electrons. The SMILES string of the molecule is Cl.Cl.NC(Cc1c[nH]c2ccccc12)C(=O)OCc1cccnc1. The van der Waals surface area contributed by atoms with Gasteiger partial charge in [-0.15, -0.1) is 24.8 Å². The number of aromatic amines is 1.